The molecule has 1 fully saturated rings. The molecule has 1 aromatic heterocycles. The summed E-state index contributed by atoms with van der Waals surface area (Å²) in [6.45, 7) is 4.19. The molecule has 1 saturated heterocycles. The van der Waals surface area contributed by atoms with Crippen LogP contribution in [0, 0.1) is 11.3 Å². The average molecular weight is 464 g/mol. The van der Waals surface area contributed by atoms with Crippen molar-refractivity contribution in [3.8, 4) is 11.8 Å². The van der Waals surface area contributed by atoms with Gasteiger partial charge in [-0.25, -0.2) is 4.98 Å². The molecule has 176 valence electrons. The lowest BCUT2D eigenvalue weighted by Crippen LogP contribution is -2.35. The number of imidazole rings is 1. The highest BCUT2D eigenvalue weighted by Crippen LogP contribution is 2.22. The lowest BCUT2D eigenvalue weighted by atomic mass is 10.1. The number of aryl methyl sites for hydroxylation is 1. The van der Waals surface area contributed by atoms with E-state index in [1.807, 2.05) is 65.6 Å². The zero-order valence-electron chi connectivity index (χ0n) is 19.8. The fourth-order valence-corrected chi connectivity index (χ4v) is 4.81. The Morgan fingerprint density at radius 2 is 1.66 bits per heavy atom. The number of rotatable bonds is 6. The SMILES string of the molecule is N#Cc1ccc(CN2CCCN(C(=O)CCc3nc4ccccc4n3-c3ccccc3)CC2)cc1. The van der Waals surface area contributed by atoms with E-state index in [1.165, 1.54) is 5.56 Å². The fourth-order valence-electron chi connectivity index (χ4n) is 4.81. The third-order valence-corrected chi connectivity index (χ3v) is 6.64. The number of nitriles is 1. The van der Waals surface area contributed by atoms with Crippen LogP contribution in [0.3, 0.4) is 0 Å². The summed E-state index contributed by atoms with van der Waals surface area (Å²) in [7, 11) is 0. The molecule has 0 aliphatic carbocycles. The second-order valence-corrected chi connectivity index (χ2v) is 9.01. The molecule has 0 atom stereocenters. The molecule has 0 saturated carbocycles. The molecule has 0 bridgehead atoms. The number of aromatic nitrogens is 2. The van der Waals surface area contributed by atoms with Crippen LogP contribution in [0.2, 0.25) is 0 Å². The lowest BCUT2D eigenvalue weighted by Gasteiger charge is -2.22. The molecular weight excluding hydrogens is 434 g/mol. The second kappa shape index (κ2) is 10.5. The Kier molecular flexibility index (Phi) is 6.87. The first-order chi connectivity index (χ1) is 17.2. The van der Waals surface area contributed by atoms with Gasteiger partial charge < -0.3 is 4.90 Å². The first-order valence-corrected chi connectivity index (χ1v) is 12.2. The molecular formula is C29H29N5O. The van der Waals surface area contributed by atoms with E-state index in [9.17, 15) is 4.79 Å². The standard InChI is InChI=1S/C29H29N5O/c30-21-23-11-13-24(14-12-23)22-32-17-6-18-33(20-19-32)29(35)16-15-28-31-26-9-4-5-10-27(26)34(28)25-7-2-1-3-8-25/h1-5,7-14H,6,15-20,22H2. The van der Waals surface area contributed by atoms with E-state index in [2.05, 4.69) is 33.7 Å². The number of carbonyl (C=O) groups excluding carboxylic acids is 1. The number of hydrogen-bond acceptors (Lipinski definition) is 4. The van der Waals surface area contributed by atoms with Crippen molar-refractivity contribution in [2.24, 2.45) is 0 Å². The second-order valence-electron chi connectivity index (χ2n) is 9.01. The van der Waals surface area contributed by atoms with Crippen LogP contribution in [0.5, 0.6) is 0 Å². The van der Waals surface area contributed by atoms with Gasteiger partial charge in [-0.1, -0.05) is 42.5 Å². The Morgan fingerprint density at radius 3 is 2.46 bits per heavy atom. The summed E-state index contributed by atoms with van der Waals surface area (Å²) in [5, 5.41) is 8.99. The quantitative estimate of drug-likeness (QED) is 0.420. The number of carbonyl (C=O) groups is 1. The summed E-state index contributed by atoms with van der Waals surface area (Å²) >= 11 is 0. The maximum Gasteiger partial charge on any atom is 0.223 e. The summed E-state index contributed by atoms with van der Waals surface area (Å²) in [5.41, 5.74) is 4.96. The van der Waals surface area contributed by atoms with Crippen LogP contribution in [0.1, 0.15) is 29.8 Å². The van der Waals surface area contributed by atoms with E-state index >= 15 is 0 Å². The number of benzene rings is 3. The van der Waals surface area contributed by atoms with Gasteiger partial charge in [0, 0.05) is 51.3 Å². The topological polar surface area (TPSA) is 65.2 Å². The molecule has 0 unspecified atom stereocenters. The summed E-state index contributed by atoms with van der Waals surface area (Å²) < 4.78 is 2.17. The van der Waals surface area contributed by atoms with Crippen molar-refractivity contribution in [2.45, 2.75) is 25.8 Å². The Hall–Kier alpha value is -3.95. The number of para-hydroxylation sites is 3. The normalized spacial score (nSPS) is 14.5. The monoisotopic (exact) mass is 463 g/mol. The molecule has 0 N–H and O–H groups in total. The van der Waals surface area contributed by atoms with Crippen molar-refractivity contribution in [1.29, 1.82) is 5.26 Å². The number of amides is 1. The molecule has 6 heteroatoms. The van der Waals surface area contributed by atoms with E-state index in [4.69, 9.17) is 10.2 Å². The van der Waals surface area contributed by atoms with E-state index < -0.39 is 0 Å². The van der Waals surface area contributed by atoms with Gasteiger partial charge in [-0.15, -0.1) is 0 Å². The highest BCUT2D eigenvalue weighted by atomic mass is 16.2. The predicted octanol–water partition coefficient (Wildman–Crippen LogP) is 4.56. The highest BCUT2D eigenvalue weighted by Gasteiger charge is 2.20. The van der Waals surface area contributed by atoms with Gasteiger partial charge in [0.15, 0.2) is 0 Å². The van der Waals surface area contributed by atoms with Gasteiger partial charge in [0.1, 0.15) is 5.82 Å². The minimum atomic E-state index is 0.192. The van der Waals surface area contributed by atoms with Crippen molar-refractivity contribution in [2.75, 3.05) is 26.2 Å². The van der Waals surface area contributed by atoms with Crippen LogP contribution < -0.4 is 0 Å². The fraction of sp³-hybridized carbons (Fsp3) is 0.276. The summed E-state index contributed by atoms with van der Waals surface area (Å²) in [5.74, 6) is 1.11. The van der Waals surface area contributed by atoms with Crippen LogP contribution in [0.25, 0.3) is 16.7 Å². The molecule has 1 aliphatic rings. The molecule has 1 amide bonds. The van der Waals surface area contributed by atoms with Crippen LogP contribution in [-0.4, -0.2) is 51.4 Å². The molecule has 5 rings (SSSR count). The maximum absolute atomic E-state index is 13.2. The molecule has 0 spiro atoms. The van der Waals surface area contributed by atoms with E-state index in [1.54, 1.807) is 0 Å². The van der Waals surface area contributed by atoms with E-state index in [0.29, 0.717) is 18.4 Å². The predicted molar refractivity (Wildman–Crippen MR) is 137 cm³/mol. The minimum Gasteiger partial charge on any atom is -0.341 e. The van der Waals surface area contributed by atoms with Crippen LogP contribution in [-0.2, 0) is 17.8 Å². The third kappa shape index (κ3) is 5.26. The molecule has 2 heterocycles. The Labute approximate surface area is 206 Å². The van der Waals surface area contributed by atoms with Crippen LogP contribution in [0.15, 0.2) is 78.9 Å². The van der Waals surface area contributed by atoms with Crippen molar-refractivity contribution in [1.82, 2.24) is 19.4 Å². The zero-order chi connectivity index (χ0) is 24.0. The zero-order valence-corrected chi connectivity index (χ0v) is 19.8. The number of nitrogens with zero attached hydrogens (tertiary/aromatic N) is 5. The van der Waals surface area contributed by atoms with Gasteiger partial charge in [-0.2, -0.15) is 5.26 Å². The Bertz CT molecular complexity index is 1340. The van der Waals surface area contributed by atoms with Crippen LogP contribution >= 0.6 is 0 Å². The Balaban J connectivity index is 1.23. The van der Waals surface area contributed by atoms with Gasteiger partial charge in [-0.05, 0) is 48.4 Å². The smallest absolute Gasteiger partial charge is 0.223 e. The highest BCUT2D eigenvalue weighted by molar-refractivity contribution is 5.79. The first kappa shape index (κ1) is 22.8. The summed E-state index contributed by atoms with van der Waals surface area (Å²) in [4.78, 5) is 22.4. The Morgan fingerprint density at radius 1 is 0.886 bits per heavy atom. The third-order valence-electron chi connectivity index (χ3n) is 6.64. The molecule has 35 heavy (non-hydrogen) atoms. The molecule has 6 nitrogen and oxygen atoms in total. The minimum absolute atomic E-state index is 0.192. The van der Waals surface area contributed by atoms with Crippen molar-refractivity contribution >= 4 is 16.9 Å². The van der Waals surface area contributed by atoms with Crippen molar-refractivity contribution < 1.29 is 4.79 Å². The summed E-state index contributed by atoms with van der Waals surface area (Å²) in [6.07, 6.45) is 2.02. The largest absolute Gasteiger partial charge is 0.341 e. The van der Waals surface area contributed by atoms with Gasteiger partial charge in [-0.3, -0.25) is 14.3 Å². The number of fused-ring (bicyclic) bond motifs is 1. The van der Waals surface area contributed by atoms with E-state index in [-0.39, 0.29) is 5.91 Å². The van der Waals surface area contributed by atoms with Gasteiger partial charge in [0.05, 0.1) is 22.7 Å². The van der Waals surface area contributed by atoms with Crippen molar-refractivity contribution in [3.63, 3.8) is 0 Å². The molecule has 1 aliphatic heterocycles. The lowest BCUT2D eigenvalue weighted by molar-refractivity contribution is -0.131. The maximum atomic E-state index is 13.2. The average Bonchev–Trinajstić information content (AvgIpc) is 3.11. The van der Waals surface area contributed by atoms with E-state index in [0.717, 1.165) is 61.7 Å². The van der Waals surface area contributed by atoms with Gasteiger partial charge >= 0.3 is 0 Å². The van der Waals surface area contributed by atoms with Crippen molar-refractivity contribution in [3.05, 3.63) is 95.8 Å². The first-order valence-electron chi connectivity index (χ1n) is 12.2. The van der Waals surface area contributed by atoms with Gasteiger partial charge in [0.2, 0.25) is 5.91 Å². The molecule has 4 aromatic rings. The van der Waals surface area contributed by atoms with Gasteiger partial charge in [0.25, 0.3) is 0 Å². The molecule has 3 aromatic carbocycles. The molecule has 0 radical (unpaired) electrons. The number of hydrogen-bond donors (Lipinski definition) is 0. The summed E-state index contributed by atoms with van der Waals surface area (Å²) in [6, 6.07) is 28.3. The van der Waals surface area contributed by atoms with Crippen LogP contribution in [0.4, 0.5) is 0 Å².